The van der Waals surface area contributed by atoms with Crippen LogP contribution in [0.1, 0.15) is 6.42 Å². The summed E-state index contributed by atoms with van der Waals surface area (Å²) in [7, 11) is 0. The van der Waals surface area contributed by atoms with Gasteiger partial charge in [-0.05, 0) is 6.42 Å². The zero-order valence-corrected chi connectivity index (χ0v) is 5.47. The Morgan fingerprint density at radius 1 is 1.67 bits per heavy atom. The van der Waals surface area contributed by atoms with Gasteiger partial charge in [0, 0.05) is 6.42 Å². The predicted molar refractivity (Wildman–Crippen MR) is 38.0 cm³/mol. The summed E-state index contributed by atoms with van der Waals surface area (Å²) in [5.74, 6) is 0. The Morgan fingerprint density at radius 2 is 2.44 bits per heavy atom. The van der Waals surface area contributed by atoms with Crippen molar-refractivity contribution in [2.24, 2.45) is 0 Å². The lowest BCUT2D eigenvalue weighted by molar-refractivity contribution is 0.167. The molecule has 1 aliphatic carbocycles. The van der Waals surface area contributed by atoms with Crippen LogP contribution in [0, 0.1) is 6.42 Å². The molecule has 9 heavy (non-hydrogen) atoms. The standard InChI is InChI=1S/C8H11O/c1-2-6-9-7-5-8-3-4-8/h2-4H,1,5-7H2. The Kier molecular flexibility index (Phi) is 2.52. The van der Waals surface area contributed by atoms with Crippen molar-refractivity contribution in [3.05, 3.63) is 30.7 Å². The summed E-state index contributed by atoms with van der Waals surface area (Å²) in [5.41, 5.74) is 1.42. The molecule has 0 spiro atoms. The Balaban J connectivity index is 1.81. The van der Waals surface area contributed by atoms with E-state index in [2.05, 4.69) is 19.1 Å². The van der Waals surface area contributed by atoms with Crippen molar-refractivity contribution in [1.29, 1.82) is 0 Å². The zero-order valence-electron chi connectivity index (χ0n) is 5.47. The van der Waals surface area contributed by atoms with E-state index in [-0.39, 0.29) is 0 Å². The maximum atomic E-state index is 5.15. The fourth-order valence-corrected chi connectivity index (χ4v) is 0.582. The average Bonchev–Trinajstić information content (AvgIpc) is 2.63. The molecule has 1 radical (unpaired) electrons. The molecule has 0 aromatic rings. The van der Waals surface area contributed by atoms with Crippen LogP contribution in [0.15, 0.2) is 24.3 Å². The van der Waals surface area contributed by atoms with Crippen LogP contribution in [-0.4, -0.2) is 13.2 Å². The van der Waals surface area contributed by atoms with Gasteiger partial charge in [-0.25, -0.2) is 0 Å². The molecule has 0 fully saturated rings. The summed E-state index contributed by atoms with van der Waals surface area (Å²) in [6, 6.07) is 0. The summed E-state index contributed by atoms with van der Waals surface area (Å²) < 4.78 is 5.15. The van der Waals surface area contributed by atoms with E-state index >= 15 is 0 Å². The molecule has 0 aromatic carbocycles. The molecular weight excluding hydrogens is 112 g/mol. The summed E-state index contributed by atoms with van der Waals surface area (Å²) in [6.07, 6.45) is 7.05. The van der Waals surface area contributed by atoms with E-state index in [0.29, 0.717) is 6.61 Å². The lowest BCUT2D eigenvalue weighted by Gasteiger charge is -1.95. The van der Waals surface area contributed by atoms with Gasteiger partial charge in [0.25, 0.3) is 0 Å². The number of allylic oxidation sites excluding steroid dienone is 1. The second kappa shape index (κ2) is 3.46. The van der Waals surface area contributed by atoms with Crippen molar-refractivity contribution in [3.8, 4) is 0 Å². The topological polar surface area (TPSA) is 9.23 Å². The van der Waals surface area contributed by atoms with E-state index in [1.807, 2.05) is 0 Å². The Morgan fingerprint density at radius 3 is 3.00 bits per heavy atom. The van der Waals surface area contributed by atoms with Crippen LogP contribution in [0.4, 0.5) is 0 Å². The highest BCUT2D eigenvalue weighted by atomic mass is 16.5. The third-order valence-corrected chi connectivity index (χ3v) is 1.17. The first-order valence-corrected chi connectivity index (χ1v) is 3.16. The number of ether oxygens (including phenoxy) is 1. The molecule has 0 amide bonds. The molecule has 1 nitrogen and oxygen atoms in total. The van der Waals surface area contributed by atoms with Gasteiger partial charge in [-0.2, -0.15) is 0 Å². The molecule has 0 aliphatic heterocycles. The quantitative estimate of drug-likeness (QED) is 0.399. The van der Waals surface area contributed by atoms with E-state index in [0.717, 1.165) is 13.0 Å². The zero-order chi connectivity index (χ0) is 6.53. The van der Waals surface area contributed by atoms with E-state index < -0.39 is 0 Å². The minimum absolute atomic E-state index is 0.674. The van der Waals surface area contributed by atoms with Gasteiger partial charge in [-0.15, -0.1) is 6.58 Å². The van der Waals surface area contributed by atoms with Gasteiger partial charge in [0.15, 0.2) is 0 Å². The molecule has 0 bridgehead atoms. The van der Waals surface area contributed by atoms with Crippen LogP contribution < -0.4 is 0 Å². The van der Waals surface area contributed by atoms with Crippen LogP contribution in [0.3, 0.4) is 0 Å². The molecule has 0 saturated heterocycles. The fraction of sp³-hybridized carbons (Fsp3) is 0.375. The average molecular weight is 123 g/mol. The molecule has 0 heterocycles. The lowest BCUT2D eigenvalue weighted by atomic mass is 10.4. The van der Waals surface area contributed by atoms with Gasteiger partial charge in [-0.1, -0.05) is 17.7 Å². The SMILES string of the molecule is C=CCOCCC1=C[CH]1. The highest BCUT2D eigenvalue weighted by Crippen LogP contribution is 2.19. The van der Waals surface area contributed by atoms with E-state index in [9.17, 15) is 0 Å². The molecule has 0 unspecified atom stereocenters. The third-order valence-electron chi connectivity index (χ3n) is 1.17. The largest absolute Gasteiger partial charge is 0.377 e. The third kappa shape index (κ3) is 3.09. The Hall–Kier alpha value is -0.560. The van der Waals surface area contributed by atoms with Crippen molar-refractivity contribution in [1.82, 2.24) is 0 Å². The molecule has 49 valence electrons. The second-order valence-electron chi connectivity index (χ2n) is 2.02. The fourth-order valence-electron chi connectivity index (χ4n) is 0.582. The first-order chi connectivity index (χ1) is 4.43. The highest BCUT2D eigenvalue weighted by molar-refractivity contribution is 5.38. The van der Waals surface area contributed by atoms with E-state index in [1.54, 1.807) is 6.08 Å². The summed E-state index contributed by atoms with van der Waals surface area (Å²) >= 11 is 0. The number of rotatable bonds is 5. The van der Waals surface area contributed by atoms with Crippen molar-refractivity contribution < 1.29 is 4.74 Å². The van der Waals surface area contributed by atoms with Crippen molar-refractivity contribution in [3.63, 3.8) is 0 Å². The van der Waals surface area contributed by atoms with Gasteiger partial charge in [0.2, 0.25) is 0 Å². The van der Waals surface area contributed by atoms with Crippen LogP contribution in [0.5, 0.6) is 0 Å². The molecule has 0 N–H and O–H groups in total. The lowest BCUT2D eigenvalue weighted by Crippen LogP contribution is -1.92. The minimum atomic E-state index is 0.674. The van der Waals surface area contributed by atoms with E-state index in [1.165, 1.54) is 5.57 Å². The first-order valence-electron chi connectivity index (χ1n) is 3.16. The monoisotopic (exact) mass is 123 g/mol. The summed E-state index contributed by atoms with van der Waals surface area (Å²) in [6.45, 7) is 5.05. The molecule has 0 atom stereocenters. The van der Waals surface area contributed by atoms with Crippen LogP contribution in [0.25, 0.3) is 0 Å². The molecule has 0 aromatic heterocycles. The number of hydrogen-bond acceptors (Lipinski definition) is 1. The van der Waals surface area contributed by atoms with Crippen LogP contribution in [0.2, 0.25) is 0 Å². The van der Waals surface area contributed by atoms with Crippen molar-refractivity contribution >= 4 is 0 Å². The van der Waals surface area contributed by atoms with Crippen LogP contribution in [-0.2, 0) is 4.74 Å². The second-order valence-corrected chi connectivity index (χ2v) is 2.02. The Bertz CT molecular complexity index is 125. The van der Waals surface area contributed by atoms with Gasteiger partial charge >= 0.3 is 0 Å². The minimum Gasteiger partial charge on any atom is -0.377 e. The summed E-state index contributed by atoms with van der Waals surface area (Å²) in [5, 5.41) is 0. The highest BCUT2D eigenvalue weighted by Gasteiger charge is 2.05. The molecule has 1 aliphatic rings. The maximum Gasteiger partial charge on any atom is 0.0644 e. The molecule has 1 rings (SSSR count). The predicted octanol–water partition coefficient (Wildman–Crippen LogP) is 1.72. The number of hydrogen-bond donors (Lipinski definition) is 0. The van der Waals surface area contributed by atoms with Crippen LogP contribution >= 0.6 is 0 Å². The normalized spacial score (nSPS) is 14.9. The van der Waals surface area contributed by atoms with Crippen molar-refractivity contribution in [2.75, 3.05) is 13.2 Å². The van der Waals surface area contributed by atoms with E-state index in [4.69, 9.17) is 4.74 Å². The molecular formula is C8H11O. The van der Waals surface area contributed by atoms with Gasteiger partial charge in [0.05, 0.1) is 13.2 Å². The molecule has 1 heteroatoms. The van der Waals surface area contributed by atoms with Gasteiger partial charge in [-0.3, -0.25) is 0 Å². The molecule has 0 saturated carbocycles. The van der Waals surface area contributed by atoms with Gasteiger partial charge < -0.3 is 4.74 Å². The van der Waals surface area contributed by atoms with Crippen molar-refractivity contribution in [2.45, 2.75) is 6.42 Å². The smallest absolute Gasteiger partial charge is 0.0644 e. The Labute approximate surface area is 56.0 Å². The first kappa shape index (κ1) is 6.56. The summed E-state index contributed by atoms with van der Waals surface area (Å²) in [4.78, 5) is 0. The van der Waals surface area contributed by atoms with Gasteiger partial charge in [0.1, 0.15) is 0 Å². The maximum absolute atomic E-state index is 5.15.